The second-order valence-electron chi connectivity index (χ2n) is 9.28. The molecule has 2 aromatic carbocycles. The Balaban J connectivity index is 1.39. The highest BCUT2D eigenvalue weighted by Gasteiger charge is 2.27. The first-order valence-electron chi connectivity index (χ1n) is 12.4. The Bertz CT molecular complexity index is 1190. The first kappa shape index (κ1) is 24.5. The van der Waals surface area contributed by atoms with Crippen LogP contribution in [-0.2, 0) is 17.8 Å². The lowest BCUT2D eigenvalue weighted by molar-refractivity contribution is -0.125. The zero-order valence-corrected chi connectivity index (χ0v) is 20.7. The molecule has 1 atom stereocenters. The van der Waals surface area contributed by atoms with Gasteiger partial charge in [0.2, 0.25) is 5.91 Å². The van der Waals surface area contributed by atoms with Crippen molar-refractivity contribution < 1.29 is 9.53 Å². The number of carbonyl (C=O) groups is 1. The fourth-order valence-electron chi connectivity index (χ4n) is 4.32. The molecule has 0 unspecified atom stereocenters. The van der Waals surface area contributed by atoms with Crippen molar-refractivity contribution in [3.8, 4) is 11.4 Å². The number of amides is 1. The molecule has 0 spiro atoms. The van der Waals surface area contributed by atoms with Crippen molar-refractivity contribution >= 4 is 11.7 Å². The zero-order valence-electron chi connectivity index (χ0n) is 20.7. The molecule has 7 heteroatoms. The van der Waals surface area contributed by atoms with E-state index in [-0.39, 0.29) is 23.5 Å². The third-order valence-corrected chi connectivity index (χ3v) is 6.25. The van der Waals surface area contributed by atoms with Crippen LogP contribution in [0.25, 0.3) is 5.69 Å². The van der Waals surface area contributed by atoms with E-state index >= 15 is 0 Å². The highest BCUT2D eigenvalue weighted by atomic mass is 16.5. The van der Waals surface area contributed by atoms with Gasteiger partial charge in [-0.2, -0.15) is 4.68 Å². The Morgan fingerprint density at radius 2 is 1.77 bits per heavy atom. The van der Waals surface area contributed by atoms with Crippen LogP contribution >= 0.6 is 0 Å². The fourth-order valence-corrected chi connectivity index (χ4v) is 4.32. The molecule has 7 nitrogen and oxygen atoms in total. The van der Waals surface area contributed by atoms with Gasteiger partial charge in [0.1, 0.15) is 11.6 Å². The van der Waals surface area contributed by atoms with Crippen LogP contribution in [0.15, 0.2) is 65.5 Å². The minimum absolute atomic E-state index is 0.0423. The van der Waals surface area contributed by atoms with Gasteiger partial charge in [-0.3, -0.25) is 9.59 Å². The number of nitrogens with zero attached hydrogens (tertiary/aromatic N) is 3. The molecule has 184 valence electrons. The highest BCUT2D eigenvalue weighted by Crippen LogP contribution is 2.22. The van der Waals surface area contributed by atoms with Crippen molar-refractivity contribution in [2.45, 2.75) is 52.7 Å². The summed E-state index contributed by atoms with van der Waals surface area (Å²) in [6, 6.07) is 19.0. The molecule has 1 aromatic heterocycles. The van der Waals surface area contributed by atoms with E-state index in [1.165, 1.54) is 10.2 Å². The number of aromatic nitrogens is 2. The minimum Gasteiger partial charge on any atom is -0.491 e. The summed E-state index contributed by atoms with van der Waals surface area (Å²) >= 11 is 0. The molecule has 0 bridgehead atoms. The number of carbonyl (C=O) groups excluding carboxylic acids is 1. The van der Waals surface area contributed by atoms with Gasteiger partial charge in [-0.05, 0) is 74.6 Å². The number of piperidine rings is 1. The number of ether oxygens (including phenoxy) is 1. The van der Waals surface area contributed by atoms with Gasteiger partial charge < -0.3 is 15.0 Å². The van der Waals surface area contributed by atoms with E-state index in [0.717, 1.165) is 42.8 Å². The molecule has 3 aromatic rings. The van der Waals surface area contributed by atoms with E-state index in [9.17, 15) is 9.59 Å². The number of anilines is 1. The van der Waals surface area contributed by atoms with E-state index in [4.69, 9.17) is 4.74 Å². The van der Waals surface area contributed by atoms with Gasteiger partial charge in [0, 0.05) is 25.7 Å². The lowest BCUT2D eigenvalue weighted by Crippen LogP contribution is -2.43. The molecular weight excluding hydrogens is 440 g/mol. The zero-order chi connectivity index (χ0) is 24.8. The second kappa shape index (κ2) is 11.2. The van der Waals surface area contributed by atoms with Crippen LogP contribution in [0, 0.1) is 5.92 Å². The van der Waals surface area contributed by atoms with Crippen molar-refractivity contribution in [1.82, 2.24) is 15.1 Å². The van der Waals surface area contributed by atoms with Crippen molar-refractivity contribution in [3.63, 3.8) is 0 Å². The van der Waals surface area contributed by atoms with Crippen LogP contribution in [0.5, 0.6) is 5.75 Å². The average Bonchev–Trinajstić information content (AvgIpc) is 2.88. The van der Waals surface area contributed by atoms with Crippen molar-refractivity contribution in [2.24, 2.45) is 5.92 Å². The fraction of sp³-hybridized carbons (Fsp3) is 0.393. The maximum Gasteiger partial charge on any atom is 0.271 e. The predicted octanol–water partition coefficient (Wildman–Crippen LogP) is 4.11. The van der Waals surface area contributed by atoms with E-state index in [2.05, 4.69) is 22.2 Å². The third-order valence-electron chi connectivity index (χ3n) is 6.25. The number of rotatable bonds is 8. The van der Waals surface area contributed by atoms with Gasteiger partial charge in [0.05, 0.1) is 17.7 Å². The second-order valence-corrected chi connectivity index (χ2v) is 9.28. The summed E-state index contributed by atoms with van der Waals surface area (Å²) in [5.74, 6) is 1.45. The number of benzene rings is 2. The van der Waals surface area contributed by atoms with E-state index in [1.54, 1.807) is 12.1 Å². The smallest absolute Gasteiger partial charge is 0.271 e. The van der Waals surface area contributed by atoms with Crippen LogP contribution in [0.2, 0.25) is 0 Å². The van der Waals surface area contributed by atoms with E-state index in [0.29, 0.717) is 18.9 Å². The maximum atomic E-state index is 12.9. The third kappa shape index (κ3) is 6.29. The Hall–Kier alpha value is -3.61. The summed E-state index contributed by atoms with van der Waals surface area (Å²) in [7, 11) is 0. The number of hydrogen-bond acceptors (Lipinski definition) is 5. The molecule has 1 saturated heterocycles. The summed E-state index contributed by atoms with van der Waals surface area (Å²) in [4.78, 5) is 27.5. The summed E-state index contributed by atoms with van der Waals surface area (Å²) in [6.07, 6.45) is 2.80. The summed E-state index contributed by atoms with van der Waals surface area (Å²) in [5.41, 5.74) is 2.81. The molecule has 4 rings (SSSR count). The maximum absolute atomic E-state index is 12.9. The normalized spacial score (nSPS) is 15.8. The molecule has 0 saturated carbocycles. The monoisotopic (exact) mass is 474 g/mol. The molecule has 0 radical (unpaired) electrons. The summed E-state index contributed by atoms with van der Waals surface area (Å²) in [6.45, 7) is 7.95. The molecule has 0 aliphatic carbocycles. The van der Waals surface area contributed by atoms with Gasteiger partial charge in [-0.15, -0.1) is 5.10 Å². The first-order valence-corrected chi connectivity index (χ1v) is 12.4. The van der Waals surface area contributed by atoms with Crippen LogP contribution in [0.3, 0.4) is 0 Å². The van der Waals surface area contributed by atoms with Crippen LogP contribution in [0.4, 0.5) is 5.82 Å². The van der Waals surface area contributed by atoms with Gasteiger partial charge in [0.15, 0.2) is 0 Å². The Kier molecular flexibility index (Phi) is 7.85. The molecule has 1 fully saturated rings. The number of aryl methyl sites for hydroxylation is 1. The SMILES string of the molecule is CCc1ccc(-n2nc(N3CCC[C@@H](C(=O)NCc4ccc(OC(C)C)cc4)C3)ccc2=O)cc1. The Morgan fingerprint density at radius 3 is 2.46 bits per heavy atom. The summed E-state index contributed by atoms with van der Waals surface area (Å²) in [5, 5.41) is 7.70. The standard InChI is InChI=1S/C28H34N4O3/c1-4-21-7-11-24(12-8-21)32-27(33)16-15-26(30-32)31-17-5-6-23(19-31)28(34)29-18-22-9-13-25(14-10-22)35-20(2)3/h7-16,20,23H,4-6,17-19H2,1-3H3,(H,29,34)/t23-/m1/s1. The van der Waals surface area contributed by atoms with Crippen molar-refractivity contribution in [3.05, 3.63) is 82.1 Å². The highest BCUT2D eigenvalue weighted by molar-refractivity contribution is 5.79. The number of nitrogens with one attached hydrogen (secondary N) is 1. The van der Waals surface area contributed by atoms with E-state index < -0.39 is 0 Å². The quantitative estimate of drug-likeness (QED) is 0.532. The molecule has 1 aliphatic heterocycles. The van der Waals surface area contributed by atoms with Crippen LogP contribution < -0.4 is 20.5 Å². The van der Waals surface area contributed by atoms with Gasteiger partial charge in [-0.1, -0.05) is 31.2 Å². The van der Waals surface area contributed by atoms with Crippen LogP contribution in [-0.4, -0.2) is 34.9 Å². The van der Waals surface area contributed by atoms with Gasteiger partial charge >= 0.3 is 0 Å². The average molecular weight is 475 g/mol. The minimum atomic E-state index is -0.172. The molecule has 35 heavy (non-hydrogen) atoms. The molecule has 1 amide bonds. The first-order chi connectivity index (χ1) is 16.9. The van der Waals surface area contributed by atoms with Gasteiger partial charge in [0.25, 0.3) is 5.56 Å². The topological polar surface area (TPSA) is 76.5 Å². The number of hydrogen-bond donors (Lipinski definition) is 1. The lowest BCUT2D eigenvalue weighted by Gasteiger charge is -2.33. The van der Waals surface area contributed by atoms with E-state index in [1.807, 2.05) is 62.4 Å². The Labute approximate surface area is 206 Å². The molecule has 1 aliphatic rings. The van der Waals surface area contributed by atoms with Crippen molar-refractivity contribution in [1.29, 1.82) is 0 Å². The largest absolute Gasteiger partial charge is 0.491 e. The van der Waals surface area contributed by atoms with Gasteiger partial charge in [-0.25, -0.2) is 0 Å². The molecule has 1 N–H and O–H groups in total. The van der Waals surface area contributed by atoms with Crippen molar-refractivity contribution in [2.75, 3.05) is 18.0 Å². The predicted molar refractivity (Wildman–Crippen MR) is 138 cm³/mol. The van der Waals surface area contributed by atoms with Crippen LogP contribution in [0.1, 0.15) is 44.7 Å². The summed E-state index contributed by atoms with van der Waals surface area (Å²) < 4.78 is 7.11. The lowest BCUT2D eigenvalue weighted by atomic mass is 9.97. The molecule has 2 heterocycles. The Morgan fingerprint density at radius 1 is 1.06 bits per heavy atom. The molecular formula is C28H34N4O3.